The Kier molecular flexibility index (Phi) is 11.4. The van der Waals surface area contributed by atoms with E-state index in [-0.39, 0.29) is 0 Å². The van der Waals surface area contributed by atoms with Gasteiger partial charge in [-0.05, 0) is 0 Å². The van der Waals surface area contributed by atoms with Crippen LogP contribution in [0.15, 0.2) is 103 Å². The molecule has 182 valence electrons. The van der Waals surface area contributed by atoms with Crippen molar-refractivity contribution in [1.29, 1.82) is 0 Å². The summed E-state index contributed by atoms with van der Waals surface area (Å²) < 4.78 is 0. The molecule has 3 rings (SSSR count). The molecule has 0 atom stereocenters. The Labute approximate surface area is 220 Å². The average molecular weight is 558 g/mol. The van der Waals surface area contributed by atoms with Gasteiger partial charge in [0.05, 0.1) is 0 Å². The second kappa shape index (κ2) is 14.2. The first-order chi connectivity index (χ1) is 16.7. The molecule has 0 fully saturated rings. The van der Waals surface area contributed by atoms with E-state index in [0.29, 0.717) is 0 Å². The summed E-state index contributed by atoms with van der Waals surface area (Å²) in [5, 5.41) is 1.32. The van der Waals surface area contributed by atoms with Crippen molar-refractivity contribution in [3.8, 4) is 0 Å². The molecule has 0 N–H and O–H groups in total. The zero-order valence-electron chi connectivity index (χ0n) is 20.3. The summed E-state index contributed by atoms with van der Waals surface area (Å²) in [6.07, 6.45) is 17.4. The molecule has 0 radical (unpaired) electrons. The van der Waals surface area contributed by atoms with Crippen molar-refractivity contribution >= 4 is 48.3 Å². The van der Waals surface area contributed by atoms with Crippen molar-refractivity contribution in [3.05, 3.63) is 103 Å². The van der Waals surface area contributed by atoms with E-state index in [0.717, 1.165) is 18.5 Å². The Hall–Kier alpha value is -1.40. The molecule has 0 amide bonds. The molecular weight excluding hydrogens is 519 g/mol. The van der Waals surface area contributed by atoms with E-state index in [1.54, 1.807) is 0 Å². The Morgan fingerprint density at radius 2 is 0.912 bits per heavy atom. The molecule has 3 heteroatoms. The summed E-state index contributed by atoms with van der Waals surface area (Å²) in [5.74, 6) is 0.809. The van der Waals surface area contributed by atoms with Crippen molar-refractivity contribution in [1.82, 2.24) is 0 Å². The van der Waals surface area contributed by atoms with E-state index in [4.69, 9.17) is 11.6 Å². The molecule has 0 saturated carbocycles. The topological polar surface area (TPSA) is 0 Å². The van der Waals surface area contributed by atoms with Gasteiger partial charge < -0.3 is 0 Å². The molecule has 0 spiro atoms. The average Bonchev–Trinajstić information content (AvgIpc) is 2.91. The number of unbranched alkanes of at least 4 members (excludes halogenated alkanes) is 8. The van der Waals surface area contributed by atoms with E-state index in [1.807, 2.05) is 0 Å². The Morgan fingerprint density at radius 1 is 0.529 bits per heavy atom. The third-order valence-corrected chi connectivity index (χ3v) is 16.6. The van der Waals surface area contributed by atoms with Crippen LogP contribution < -0.4 is 15.9 Å². The van der Waals surface area contributed by atoms with Gasteiger partial charge in [0.25, 0.3) is 0 Å². The van der Waals surface area contributed by atoms with Crippen LogP contribution in [0.3, 0.4) is 0 Å². The van der Waals surface area contributed by atoms with Crippen LogP contribution >= 0.6 is 32.4 Å². The van der Waals surface area contributed by atoms with Crippen LogP contribution in [0, 0.1) is 0 Å². The van der Waals surface area contributed by atoms with E-state index in [9.17, 15) is 0 Å². The van der Waals surface area contributed by atoms with Gasteiger partial charge in [-0.1, -0.05) is 0 Å². The molecule has 0 heterocycles. The molecule has 0 bridgehead atoms. The minimum absolute atomic E-state index is 0.809. The predicted octanol–water partition coefficient (Wildman–Crippen LogP) is 9.13. The first-order valence-electron chi connectivity index (χ1n) is 12.8. The molecule has 0 aliphatic rings. The maximum absolute atomic E-state index is 5.76. The van der Waals surface area contributed by atoms with Gasteiger partial charge in [-0.15, -0.1) is 11.6 Å². The summed E-state index contributed by atoms with van der Waals surface area (Å²) in [5.41, 5.74) is 0. The molecule has 0 nitrogen and oxygen atoms in total. The molecule has 0 unspecified atom stereocenters. The van der Waals surface area contributed by atoms with Crippen LogP contribution in [0.5, 0.6) is 0 Å². The number of alkyl halides is 1. The summed E-state index contributed by atoms with van der Waals surface area (Å²) in [7, 11) is 0. The minimum atomic E-state index is -2.82. The molecule has 0 aliphatic carbocycles. The Balaban J connectivity index is 1.72. The van der Waals surface area contributed by atoms with Gasteiger partial charge in [0.1, 0.15) is 0 Å². The summed E-state index contributed by atoms with van der Waals surface area (Å²) in [6.45, 7) is 0. The zero-order valence-corrected chi connectivity index (χ0v) is 23.5. The van der Waals surface area contributed by atoms with Crippen LogP contribution in [0.25, 0.3) is 0 Å². The number of rotatable bonds is 15. The Bertz CT molecular complexity index is 873. The Morgan fingerprint density at radius 3 is 1.32 bits per heavy atom. The fourth-order valence-corrected chi connectivity index (χ4v) is 12.1. The second-order valence-corrected chi connectivity index (χ2v) is 18.5. The number of benzene rings is 3. The predicted molar refractivity (Wildman–Crippen MR) is 160 cm³/mol. The fraction of sp³-hybridized carbons (Fsp3) is 0.355. The zero-order chi connectivity index (χ0) is 24.0. The number of allylic oxidation sites excluding steroid dienone is 2. The molecule has 3 aromatic rings. The van der Waals surface area contributed by atoms with Gasteiger partial charge >= 0.3 is 204 Å². The SMILES string of the molecule is ClCCCCCCCCCC/C=C/CP(Br)(c1ccccc1)(c1ccccc1)c1ccccc1. The first-order valence-corrected chi connectivity index (χ1v) is 17.8. The number of hydrogen-bond donors (Lipinski definition) is 0. The number of halogens is 2. The standard InChI is InChI=1S/C31H39BrClP/c32-34(29-21-13-10-14-22-29,30-23-15-11-16-24-30,31-25-17-12-18-26-31)28-20-9-7-5-3-1-2-4-6-8-19-27-33/h9-18,20-26H,1-8,19,27-28H2/b20-9+. The van der Waals surface area contributed by atoms with Crippen molar-refractivity contribution in [2.45, 2.75) is 57.8 Å². The molecule has 0 aliphatic heterocycles. The molecule has 34 heavy (non-hydrogen) atoms. The quantitative estimate of drug-likeness (QED) is 0.0756. The molecule has 0 saturated heterocycles. The maximum atomic E-state index is 5.76. The third kappa shape index (κ3) is 6.84. The normalized spacial score (nSPS) is 13.1. The first kappa shape index (κ1) is 27.2. The summed E-state index contributed by atoms with van der Waals surface area (Å²) in [6, 6.07) is 33.2. The van der Waals surface area contributed by atoms with Crippen LogP contribution in [-0.2, 0) is 0 Å². The van der Waals surface area contributed by atoms with Gasteiger partial charge in [0, 0.05) is 5.88 Å². The van der Waals surface area contributed by atoms with Gasteiger partial charge in [0.2, 0.25) is 0 Å². The van der Waals surface area contributed by atoms with Crippen molar-refractivity contribution in [3.63, 3.8) is 0 Å². The summed E-state index contributed by atoms with van der Waals surface area (Å²) in [4.78, 5) is 0. The van der Waals surface area contributed by atoms with Gasteiger partial charge in [-0.25, -0.2) is 0 Å². The second-order valence-electron chi connectivity index (χ2n) is 9.15. The van der Waals surface area contributed by atoms with E-state index < -0.39 is 5.31 Å². The van der Waals surface area contributed by atoms with Crippen LogP contribution in [0.2, 0.25) is 0 Å². The molecule has 0 aromatic heterocycles. The van der Waals surface area contributed by atoms with Gasteiger partial charge in [-0.2, -0.15) is 0 Å². The van der Waals surface area contributed by atoms with E-state index >= 15 is 0 Å². The van der Waals surface area contributed by atoms with E-state index in [2.05, 4.69) is 119 Å². The van der Waals surface area contributed by atoms with Crippen molar-refractivity contribution in [2.24, 2.45) is 0 Å². The number of hydrogen-bond acceptors (Lipinski definition) is 0. The summed E-state index contributed by atoms with van der Waals surface area (Å²) >= 11 is 10.3. The van der Waals surface area contributed by atoms with Crippen LogP contribution in [-0.4, -0.2) is 12.0 Å². The van der Waals surface area contributed by atoms with Gasteiger partial charge in [0.15, 0.2) is 0 Å². The van der Waals surface area contributed by atoms with Crippen LogP contribution in [0.1, 0.15) is 57.8 Å². The molecule has 3 aromatic carbocycles. The van der Waals surface area contributed by atoms with Crippen molar-refractivity contribution in [2.75, 3.05) is 12.0 Å². The fourth-order valence-electron chi connectivity index (χ4n) is 4.79. The molecular formula is C31H39BrClP. The van der Waals surface area contributed by atoms with Gasteiger partial charge in [-0.3, -0.25) is 0 Å². The van der Waals surface area contributed by atoms with Crippen LogP contribution in [0.4, 0.5) is 0 Å². The monoisotopic (exact) mass is 556 g/mol. The third-order valence-electron chi connectivity index (χ3n) is 6.75. The van der Waals surface area contributed by atoms with Crippen molar-refractivity contribution < 1.29 is 0 Å². The van der Waals surface area contributed by atoms with E-state index in [1.165, 1.54) is 67.3 Å².